The van der Waals surface area contributed by atoms with Crippen molar-refractivity contribution in [2.75, 3.05) is 4.90 Å². The second-order valence-corrected chi connectivity index (χ2v) is 16.3. The van der Waals surface area contributed by atoms with E-state index in [-0.39, 0.29) is 0 Å². The molecule has 0 unspecified atom stereocenters. The summed E-state index contributed by atoms with van der Waals surface area (Å²) in [6, 6.07) is 78.9. The number of hydrogen-bond acceptors (Lipinski definition) is 4. The summed E-state index contributed by atoms with van der Waals surface area (Å²) < 4.78 is 20.6. The summed E-state index contributed by atoms with van der Waals surface area (Å²) in [5.41, 5.74) is 16.7. The zero-order valence-electron chi connectivity index (χ0n) is 34.5. The smallest absolute Gasteiger partial charge is 0.160 e. The standard InChI is InChI=1S/C60H37NO3/c1-3-14-38(15-4-1)40-26-30-42(31-27-40)61(43-32-28-41(29-33-43)39-16-5-2-6-17-39)52-37-36-46(57-51-20-9-12-25-55(51)64-60(52)57)49-35-34-45(56-50-19-8-11-24-54(50)63-59(49)56)48-22-13-21-47-44-18-7-10-23-53(44)62-58(47)48/h1-37H. The molecule has 0 fully saturated rings. The SMILES string of the molecule is c1ccc(-c2ccc(N(c3ccc(-c4ccccc4)cc3)c3ccc(-c4ccc(-c5cccc6c5oc5ccccc56)c5c4oc4ccccc45)c4c3oc3ccccc34)cc2)cc1. The quantitative estimate of drug-likeness (QED) is 0.161. The molecule has 0 atom stereocenters. The molecular formula is C60H37NO3. The average Bonchev–Trinajstić information content (AvgIpc) is 4.08. The second kappa shape index (κ2) is 14.5. The lowest BCUT2D eigenvalue weighted by Gasteiger charge is -2.26. The molecule has 0 saturated heterocycles. The summed E-state index contributed by atoms with van der Waals surface area (Å²) in [6.45, 7) is 0. The molecule has 0 saturated carbocycles. The lowest BCUT2D eigenvalue weighted by molar-refractivity contribution is 0.669. The first-order chi connectivity index (χ1) is 31.7. The Labute approximate surface area is 368 Å². The minimum absolute atomic E-state index is 0.790. The van der Waals surface area contributed by atoms with Gasteiger partial charge in [0, 0.05) is 54.8 Å². The molecule has 4 heteroatoms. The number of anilines is 3. The van der Waals surface area contributed by atoms with Crippen molar-refractivity contribution in [2.45, 2.75) is 0 Å². The van der Waals surface area contributed by atoms with Crippen molar-refractivity contribution in [1.82, 2.24) is 0 Å². The third kappa shape index (κ3) is 5.70. The first-order valence-corrected chi connectivity index (χ1v) is 21.7. The Bertz CT molecular complexity index is 3790. The van der Waals surface area contributed by atoms with Gasteiger partial charge in [-0.05, 0) is 88.0 Å². The van der Waals surface area contributed by atoms with Crippen molar-refractivity contribution in [3.63, 3.8) is 0 Å². The molecule has 0 bridgehead atoms. The number of hydrogen-bond donors (Lipinski definition) is 0. The number of benzene rings is 10. The predicted octanol–water partition coefficient (Wildman–Crippen LogP) is 17.5. The fraction of sp³-hybridized carbons (Fsp3) is 0. The molecule has 0 N–H and O–H groups in total. The molecule has 13 aromatic rings. The highest BCUT2D eigenvalue weighted by molar-refractivity contribution is 6.23. The number of para-hydroxylation sites is 4. The topological polar surface area (TPSA) is 42.7 Å². The van der Waals surface area contributed by atoms with Gasteiger partial charge in [-0.25, -0.2) is 0 Å². The molecule has 13 rings (SSSR count). The van der Waals surface area contributed by atoms with Gasteiger partial charge in [-0.3, -0.25) is 0 Å². The Hall–Kier alpha value is -8.60. The Kier molecular flexibility index (Phi) is 8.18. The summed E-state index contributed by atoms with van der Waals surface area (Å²) in [7, 11) is 0. The molecule has 0 aliphatic carbocycles. The van der Waals surface area contributed by atoms with E-state index < -0.39 is 0 Å². The van der Waals surface area contributed by atoms with E-state index in [1.165, 1.54) is 11.1 Å². The third-order valence-corrected chi connectivity index (χ3v) is 12.7. The molecule has 4 nitrogen and oxygen atoms in total. The van der Waals surface area contributed by atoms with E-state index >= 15 is 0 Å². The molecule has 300 valence electrons. The Morgan fingerprint density at radius 2 is 0.656 bits per heavy atom. The fourth-order valence-corrected chi connectivity index (χ4v) is 9.73. The van der Waals surface area contributed by atoms with E-state index in [0.717, 1.165) is 116 Å². The van der Waals surface area contributed by atoms with Crippen LogP contribution in [0.2, 0.25) is 0 Å². The minimum Gasteiger partial charge on any atom is -0.455 e. The van der Waals surface area contributed by atoms with Gasteiger partial charge in [0.15, 0.2) is 5.58 Å². The van der Waals surface area contributed by atoms with E-state index in [1.54, 1.807) is 0 Å². The van der Waals surface area contributed by atoms with Crippen LogP contribution in [0.1, 0.15) is 0 Å². The van der Waals surface area contributed by atoms with Crippen LogP contribution in [0, 0.1) is 0 Å². The van der Waals surface area contributed by atoms with Gasteiger partial charge in [0.2, 0.25) is 0 Å². The first kappa shape index (κ1) is 36.1. The van der Waals surface area contributed by atoms with Crippen LogP contribution in [0.3, 0.4) is 0 Å². The maximum absolute atomic E-state index is 7.01. The van der Waals surface area contributed by atoms with Crippen molar-refractivity contribution in [2.24, 2.45) is 0 Å². The zero-order chi connectivity index (χ0) is 42.1. The van der Waals surface area contributed by atoms with E-state index in [2.05, 4.69) is 205 Å². The lowest BCUT2D eigenvalue weighted by Crippen LogP contribution is -2.10. The summed E-state index contributed by atoms with van der Waals surface area (Å²) in [5.74, 6) is 0. The molecule has 0 radical (unpaired) electrons. The molecule has 0 amide bonds. The summed E-state index contributed by atoms with van der Waals surface area (Å²) in [6.07, 6.45) is 0. The number of fused-ring (bicyclic) bond motifs is 9. The van der Waals surface area contributed by atoms with Crippen LogP contribution in [-0.4, -0.2) is 0 Å². The number of rotatable bonds is 7. The highest BCUT2D eigenvalue weighted by atomic mass is 16.3. The highest BCUT2D eigenvalue weighted by Crippen LogP contribution is 2.50. The molecule has 0 aliphatic rings. The van der Waals surface area contributed by atoms with Gasteiger partial charge in [0.25, 0.3) is 0 Å². The third-order valence-electron chi connectivity index (χ3n) is 12.7. The van der Waals surface area contributed by atoms with Gasteiger partial charge in [-0.2, -0.15) is 0 Å². The first-order valence-electron chi connectivity index (χ1n) is 21.7. The summed E-state index contributed by atoms with van der Waals surface area (Å²) in [5, 5.41) is 6.35. The molecular weight excluding hydrogens is 783 g/mol. The Morgan fingerprint density at radius 3 is 1.25 bits per heavy atom. The normalized spacial score (nSPS) is 11.8. The van der Waals surface area contributed by atoms with Gasteiger partial charge in [-0.15, -0.1) is 0 Å². The van der Waals surface area contributed by atoms with Gasteiger partial charge in [0.1, 0.15) is 27.9 Å². The molecule has 0 aliphatic heterocycles. The van der Waals surface area contributed by atoms with Crippen molar-refractivity contribution in [3.8, 4) is 44.5 Å². The largest absolute Gasteiger partial charge is 0.455 e. The van der Waals surface area contributed by atoms with Crippen LogP contribution in [-0.2, 0) is 0 Å². The van der Waals surface area contributed by atoms with Crippen LogP contribution in [0.5, 0.6) is 0 Å². The molecule has 0 spiro atoms. The van der Waals surface area contributed by atoms with Crippen LogP contribution in [0.15, 0.2) is 238 Å². The highest BCUT2D eigenvalue weighted by Gasteiger charge is 2.26. The van der Waals surface area contributed by atoms with Gasteiger partial charge in [-0.1, -0.05) is 170 Å². The summed E-state index contributed by atoms with van der Waals surface area (Å²) in [4.78, 5) is 2.31. The van der Waals surface area contributed by atoms with Gasteiger partial charge < -0.3 is 18.2 Å². The van der Waals surface area contributed by atoms with E-state index in [9.17, 15) is 0 Å². The predicted molar refractivity (Wildman–Crippen MR) is 265 cm³/mol. The van der Waals surface area contributed by atoms with Crippen molar-refractivity contribution in [3.05, 3.63) is 224 Å². The molecule has 3 heterocycles. The Morgan fingerprint density at radius 1 is 0.250 bits per heavy atom. The minimum atomic E-state index is 0.790. The summed E-state index contributed by atoms with van der Waals surface area (Å²) >= 11 is 0. The second-order valence-electron chi connectivity index (χ2n) is 16.3. The molecule has 64 heavy (non-hydrogen) atoms. The Balaban J connectivity index is 1.04. The number of furan rings is 3. The molecule has 10 aromatic carbocycles. The van der Waals surface area contributed by atoms with E-state index in [0.29, 0.717) is 0 Å². The van der Waals surface area contributed by atoms with Crippen LogP contribution >= 0.6 is 0 Å². The zero-order valence-corrected chi connectivity index (χ0v) is 34.5. The lowest BCUT2D eigenvalue weighted by atomic mass is 9.92. The fourth-order valence-electron chi connectivity index (χ4n) is 9.73. The van der Waals surface area contributed by atoms with Crippen LogP contribution < -0.4 is 4.90 Å². The van der Waals surface area contributed by atoms with Crippen molar-refractivity contribution in [1.29, 1.82) is 0 Å². The van der Waals surface area contributed by atoms with Crippen molar-refractivity contribution >= 4 is 82.9 Å². The molecule has 3 aromatic heterocycles. The number of nitrogens with zero attached hydrogens (tertiary/aromatic N) is 1. The van der Waals surface area contributed by atoms with E-state index in [1.807, 2.05) is 24.3 Å². The average molecular weight is 820 g/mol. The maximum Gasteiger partial charge on any atom is 0.160 e. The van der Waals surface area contributed by atoms with Crippen molar-refractivity contribution < 1.29 is 13.3 Å². The van der Waals surface area contributed by atoms with Gasteiger partial charge >= 0.3 is 0 Å². The van der Waals surface area contributed by atoms with Crippen LogP contribution in [0.25, 0.3) is 110 Å². The maximum atomic E-state index is 7.01. The van der Waals surface area contributed by atoms with Crippen LogP contribution in [0.4, 0.5) is 17.1 Å². The van der Waals surface area contributed by atoms with Gasteiger partial charge in [0.05, 0.1) is 5.69 Å². The monoisotopic (exact) mass is 819 g/mol. The van der Waals surface area contributed by atoms with E-state index in [4.69, 9.17) is 13.3 Å².